The minimum Gasteiger partial charge on any atom is -0.455 e. The summed E-state index contributed by atoms with van der Waals surface area (Å²) < 4.78 is 13.0. The summed E-state index contributed by atoms with van der Waals surface area (Å²) in [5.41, 5.74) is 0.497. The molecule has 3 fully saturated rings. The van der Waals surface area contributed by atoms with Crippen molar-refractivity contribution in [1.29, 1.82) is 0 Å². The fourth-order valence-electron chi connectivity index (χ4n) is 8.00. The molecule has 0 radical (unpaired) electrons. The number of carbonyl (C=O) groups is 4. The lowest BCUT2D eigenvalue weighted by atomic mass is 9.70. The maximum Gasteiger partial charge on any atom is 0.313 e. The zero-order valence-electron chi connectivity index (χ0n) is 29.3. The second kappa shape index (κ2) is 16.6. The van der Waals surface area contributed by atoms with Crippen LogP contribution in [0, 0.1) is 11.8 Å². The van der Waals surface area contributed by atoms with Crippen molar-refractivity contribution in [2.45, 2.75) is 88.3 Å². The predicted molar refractivity (Wildman–Crippen MR) is 189 cm³/mol. The Bertz CT molecular complexity index is 1520. The summed E-state index contributed by atoms with van der Waals surface area (Å²) in [7, 11) is 1.70. The molecule has 3 aliphatic rings. The summed E-state index contributed by atoms with van der Waals surface area (Å²) in [5.74, 6) is -2.98. The number of benzene rings is 2. The first kappa shape index (κ1) is 37.0. The number of likely N-dealkylation sites (N-methyl/N-ethyl adjacent to an activating group) is 1. The number of esters is 1. The number of ether oxygens (including phenoxy) is 2. The molecule has 50 heavy (non-hydrogen) atoms. The largest absolute Gasteiger partial charge is 0.455 e. The Balaban J connectivity index is 1.45. The number of amides is 3. The lowest BCUT2D eigenvalue weighted by Crippen LogP contribution is -2.56. The molecule has 0 aliphatic carbocycles. The molecule has 5 rings (SSSR count). The van der Waals surface area contributed by atoms with E-state index in [1.807, 2.05) is 67.6 Å². The van der Waals surface area contributed by atoms with Gasteiger partial charge in [-0.05, 0) is 56.6 Å². The van der Waals surface area contributed by atoms with Gasteiger partial charge in [-0.25, -0.2) is 0 Å². The molecule has 2 bridgehead atoms. The maximum atomic E-state index is 14.7. The number of hydrogen-bond acceptors (Lipinski definition) is 7. The Morgan fingerprint density at radius 2 is 1.76 bits per heavy atom. The van der Waals surface area contributed by atoms with Crippen LogP contribution >= 0.6 is 0 Å². The van der Waals surface area contributed by atoms with E-state index in [2.05, 4.69) is 13.2 Å². The van der Waals surface area contributed by atoms with Crippen molar-refractivity contribution in [3.63, 3.8) is 0 Å². The van der Waals surface area contributed by atoms with Crippen LogP contribution in [0.3, 0.4) is 0 Å². The van der Waals surface area contributed by atoms with Gasteiger partial charge in [0.15, 0.2) is 0 Å². The van der Waals surface area contributed by atoms with Gasteiger partial charge in [-0.1, -0.05) is 72.8 Å². The molecular weight excluding hydrogens is 634 g/mol. The molecule has 1 spiro atoms. The van der Waals surface area contributed by atoms with Gasteiger partial charge in [-0.2, -0.15) is 0 Å². The topological polar surface area (TPSA) is 117 Å². The van der Waals surface area contributed by atoms with Crippen LogP contribution in [-0.4, -0.2) is 94.0 Å². The average Bonchev–Trinajstić information content (AvgIpc) is 3.78. The van der Waals surface area contributed by atoms with Gasteiger partial charge in [0.05, 0.1) is 24.0 Å². The lowest BCUT2D eigenvalue weighted by molar-refractivity contribution is -0.164. The van der Waals surface area contributed by atoms with Crippen molar-refractivity contribution in [2.24, 2.45) is 11.8 Å². The van der Waals surface area contributed by atoms with Crippen LogP contribution < -0.4 is 0 Å². The van der Waals surface area contributed by atoms with Crippen LogP contribution in [0.5, 0.6) is 0 Å². The zero-order chi connectivity index (χ0) is 35.8. The smallest absolute Gasteiger partial charge is 0.313 e. The molecule has 10 nitrogen and oxygen atoms in total. The van der Waals surface area contributed by atoms with E-state index < -0.39 is 47.7 Å². The molecular formula is C40H51N3O7. The maximum absolute atomic E-state index is 14.7. The van der Waals surface area contributed by atoms with E-state index >= 15 is 0 Å². The van der Waals surface area contributed by atoms with Gasteiger partial charge in [-0.3, -0.25) is 19.2 Å². The molecule has 1 N–H and O–H groups in total. The number of likely N-dealkylation sites (tertiary alicyclic amines) is 1. The third kappa shape index (κ3) is 7.42. The van der Waals surface area contributed by atoms with Gasteiger partial charge in [0.1, 0.15) is 17.7 Å². The average molecular weight is 686 g/mol. The second-order valence-corrected chi connectivity index (χ2v) is 13.7. The first-order valence-electron chi connectivity index (χ1n) is 17.8. The monoisotopic (exact) mass is 685 g/mol. The van der Waals surface area contributed by atoms with Crippen LogP contribution in [0.25, 0.3) is 0 Å². The number of unbranched alkanes of at least 4 members (excludes halogenated alkanes) is 2. The van der Waals surface area contributed by atoms with Gasteiger partial charge in [0.2, 0.25) is 17.7 Å². The molecule has 3 saturated heterocycles. The van der Waals surface area contributed by atoms with Crippen molar-refractivity contribution in [3.8, 4) is 0 Å². The second-order valence-electron chi connectivity index (χ2n) is 13.7. The fourth-order valence-corrected chi connectivity index (χ4v) is 8.00. The molecule has 0 aromatic heterocycles. The van der Waals surface area contributed by atoms with Gasteiger partial charge in [0, 0.05) is 39.7 Å². The minimum absolute atomic E-state index is 0.0435. The number of allylic oxidation sites excluding steroid dienone is 1. The Morgan fingerprint density at radius 1 is 1.06 bits per heavy atom. The first-order chi connectivity index (χ1) is 24.2. The number of nitrogens with zero attached hydrogens (tertiary/aromatic N) is 3. The van der Waals surface area contributed by atoms with Crippen molar-refractivity contribution in [1.82, 2.24) is 14.7 Å². The number of aliphatic hydroxyl groups excluding tert-OH is 1. The molecule has 10 heteroatoms. The molecule has 2 aromatic rings. The fraction of sp³-hybridized carbons (Fsp3) is 0.500. The SMILES string of the molecule is C=CCCC(=O)N(C)[C@H](C)[C@H](OC(=O)[C@@H]1[C@H]2C(=O)N(CCCCCO)[C@H](C(=O)N(CC=C)Cc3ccccc3)[C@]23CC[C@H]1O3)c1ccccc1. The first-order valence-corrected chi connectivity index (χ1v) is 17.8. The molecule has 2 aromatic carbocycles. The number of carbonyl (C=O) groups excluding carboxylic acids is 4. The summed E-state index contributed by atoms with van der Waals surface area (Å²) in [6.07, 6.45) is 5.66. The number of fused-ring (bicyclic) bond motifs is 1. The van der Waals surface area contributed by atoms with E-state index in [0.29, 0.717) is 51.6 Å². The highest BCUT2D eigenvalue weighted by Crippen LogP contribution is 2.59. The van der Waals surface area contributed by atoms with E-state index in [0.717, 1.165) is 11.1 Å². The van der Waals surface area contributed by atoms with Crippen molar-refractivity contribution < 1.29 is 33.8 Å². The van der Waals surface area contributed by atoms with Crippen molar-refractivity contribution in [2.75, 3.05) is 26.7 Å². The van der Waals surface area contributed by atoms with E-state index in [1.165, 1.54) is 0 Å². The van der Waals surface area contributed by atoms with E-state index in [4.69, 9.17) is 9.47 Å². The van der Waals surface area contributed by atoms with Gasteiger partial charge in [-0.15, -0.1) is 13.2 Å². The highest BCUT2D eigenvalue weighted by molar-refractivity contribution is 5.98. The Morgan fingerprint density at radius 3 is 2.42 bits per heavy atom. The molecule has 0 saturated carbocycles. The Kier molecular flexibility index (Phi) is 12.3. The van der Waals surface area contributed by atoms with Crippen molar-refractivity contribution >= 4 is 23.7 Å². The van der Waals surface area contributed by atoms with Crippen LogP contribution in [0.2, 0.25) is 0 Å². The predicted octanol–water partition coefficient (Wildman–Crippen LogP) is 4.84. The molecule has 0 unspecified atom stereocenters. The van der Waals surface area contributed by atoms with Crippen LogP contribution in [0.4, 0.5) is 0 Å². The minimum atomic E-state index is -1.18. The highest BCUT2D eigenvalue weighted by Gasteiger charge is 2.75. The van der Waals surface area contributed by atoms with E-state index in [-0.39, 0.29) is 37.3 Å². The quantitative estimate of drug-likeness (QED) is 0.136. The molecule has 3 heterocycles. The molecule has 268 valence electrons. The van der Waals surface area contributed by atoms with Crippen LogP contribution in [-0.2, 0) is 35.2 Å². The van der Waals surface area contributed by atoms with Crippen LogP contribution in [0.1, 0.15) is 69.1 Å². The van der Waals surface area contributed by atoms with E-state index in [1.54, 1.807) is 33.9 Å². The highest BCUT2D eigenvalue weighted by atomic mass is 16.6. The normalized spacial score (nSPS) is 24.7. The van der Waals surface area contributed by atoms with Crippen molar-refractivity contribution in [3.05, 3.63) is 97.1 Å². The molecule has 3 amide bonds. The summed E-state index contributed by atoms with van der Waals surface area (Å²) in [6.45, 7) is 10.4. The third-order valence-electron chi connectivity index (χ3n) is 10.6. The molecule has 7 atom stereocenters. The third-order valence-corrected chi connectivity index (χ3v) is 10.6. The summed E-state index contributed by atoms with van der Waals surface area (Å²) in [5, 5.41) is 9.38. The van der Waals surface area contributed by atoms with Crippen LogP contribution in [0.15, 0.2) is 86.0 Å². The standard InChI is InChI=1S/C40H51N3O7/c1-5-7-21-32(45)41(4)28(3)35(30-19-13-9-14-20-30)49-39(48)33-31-22-23-40(50-31)34(33)37(46)43(25-15-10-16-26-44)36(40)38(47)42(24-6-2)27-29-17-11-8-12-18-29/h5-6,8-9,11-14,17-20,28,31,33-36,44H,1-2,7,10,15-16,21-27H2,3-4H3/t28-,31-,33+,34+,35+,36-,40+/m1/s1. The van der Waals surface area contributed by atoms with E-state index in [9.17, 15) is 24.3 Å². The Hall–Kier alpha value is -4.28. The molecule has 3 aliphatic heterocycles. The zero-order valence-corrected chi connectivity index (χ0v) is 29.3. The van der Waals surface area contributed by atoms with Gasteiger partial charge in [0.25, 0.3) is 0 Å². The summed E-state index contributed by atoms with van der Waals surface area (Å²) >= 11 is 0. The number of rotatable bonds is 18. The Labute approximate surface area is 295 Å². The summed E-state index contributed by atoms with van der Waals surface area (Å²) in [4.78, 5) is 61.5. The lowest BCUT2D eigenvalue weighted by Gasteiger charge is -2.37. The number of aliphatic hydroxyl groups is 1. The van der Waals surface area contributed by atoms with Gasteiger partial charge < -0.3 is 29.3 Å². The van der Waals surface area contributed by atoms with Gasteiger partial charge >= 0.3 is 5.97 Å². The summed E-state index contributed by atoms with van der Waals surface area (Å²) in [6, 6.07) is 17.5. The number of hydrogen-bond donors (Lipinski definition) is 1.